The molecule has 1 amide bonds. The lowest BCUT2D eigenvalue weighted by Crippen LogP contribution is -2.37. The molecule has 0 heterocycles. The summed E-state index contributed by atoms with van der Waals surface area (Å²) in [5.41, 5.74) is 6.65. The standard InChI is InChI=1S/C14H21ClN2O/c1-4-10(5-2)9(3)17-14(18)11-6-7-13(16)12(15)8-11/h6-10H,4-5,16H2,1-3H3,(H,17,18). The Balaban J connectivity index is 2.73. The van der Waals surface area contributed by atoms with Gasteiger partial charge in [-0.1, -0.05) is 38.3 Å². The Labute approximate surface area is 114 Å². The molecular weight excluding hydrogens is 248 g/mol. The third-order valence-electron chi connectivity index (χ3n) is 3.38. The molecule has 100 valence electrons. The van der Waals surface area contributed by atoms with Crippen LogP contribution in [-0.2, 0) is 0 Å². The number of halogens is 1. The molecule has 1 atom stereocenters. The van der Waals surface area contributed by atoms with Crippen LogP contribution in [-0.4, -0.2) is 11.9 Å². The molecule has 1 aromatic rings. The van der Waals surface area contributed by atoms with Crippen LogP contribution in [0.4, 0.5) is 5.69 Å². The molecule has 0 aliphatic carbocycles. The van der Waals surface area contributed by atoms with Gasteiger partial charge in [0.25, 0.3) is 5.91 Å². The summed E-state index contributed by atoms with van der Waals surface area (Å²) < 4.78 is 0. The largest absolute Gasteiger partial charge is 0.398 e. The van der Waals surface area contributed by atoms with Crippen molar-refractivity contribution in [3.05, 3.63) is 28.8 Å². The van der Waals surface area contributed by atoms with Crippen molar-refractivity contribution >= 4 is 23.2 Å². The molecule has 3 N–H and O–H groups in total. The smallest absolute Gasteiger partial charge is 0.251 e. The number of anilines is 1. The fourth-order valence-electron chi connectivity index (χ4n) is 2.07. The Morgan fingerprint density at radius 3 is 2.50 bits per heavy atom. The van der Waals surface area contributed by atoms with Gasteiger partial charge >= 0.3 is 0 Å². The molecule has 3 nitrogen and oxygen atoms in total. The van der Waals surface area contributed by atoms with Crippen LogP contribution in [0.25, 0.3) is 0 Å². The highest BCUT2D eigenvalue weighted by molar-refractivity contribution is 6.33. The third kappa shape index (κ3) is 3.64. The quantitative estimate of drug-likeness (QED) is 0.804. The maximum atomic E-state index is 12.0. The van der Waals surface area contributed by atoms with Gasteiger partial charge in [-0.15, -0.1) is 0 Å². The monoisotopic (exact) mass is 268 g/mol. The molecule has 0 aliphatic rings. The Morgan fingerprint density at radius 2 is 2.00 bits per heavy atom. The van der Waals surface area contributed by atoms with Crippen molar-refractivity contribution < 1.29 is 4.79 Å². The van der Waals surface area contributed by atoms with Crippen molar-refractivity contribution in [1.82, 2.24) is 5.32 Å². The first-order chi connectivity index (χ1) is 8.49. The Hall–Kier alpha value is -1.22. The Bertz CT molecular complexity index is 416. The van der Waals surface area contributed by atoms with E-state index in [0.29, 0.717) is 22.2 Å². The summed E-state index contributed by atoms with van der Waals surface area (Å²) in [6.45, 7) is 6.31. The second kappa shape index (κ2) is 6.64. The number of nitrogen functional groups attached to an aromatic ring is 1. The number of benzene rings is 1. The number of hydrogen-bond acceptors (Lipinski definition) is 2. The molecule has 0 fully saturated rings. The van der Waals surface area contributed by atoms with E-state index >= 15 is 0 Å². The van der Waals surface area contributed by atoms with E-state index in [1.807, 2.05) is 6.92 Å². The third-order valence-corrected chi connectivity index (χ3v) is 3.70. The molecule has 1 rings (SSSR count). The molecule has 1 unspecified atom stereocenters. The van der Waals surface area contributed by atoms with Gasteiger partial charge in [-0.2, -0.15) is 0 Å². The van der Waals surface area contributed by atoms with E-state index in [1.54, 1.807) is 18.2 Å². The van der Waals surface area contributed by atoms with Crippen LogP contribution in [0.2, 0.25) is 5.02 Å². The molecule has 1 aromatic carbocycles. The average Bonchev–Trinajstić information content (AvgIpc) is 2.34. The van der Waals surface area contributed by atoms with Crippen molar-refractivity contribution in [2.75, 3.05) is 5.73 Å². The number of amides is 1. The summed E-state index contributed by atoms with van der Waals surface area (Å²) in [7, 11) is 0. The first-order valence-electron chi connectivity index (χ1n) is 6.35. The topological polar surface area (TPSA) is 55.1 Å². The van der Waals surface area contributed by atoms with Crippen molar-refractivity contribution in [2.24, 2.45) is 5.92 Å². The zero-order chi connectivity index (χ0) is 13.7. The van der Waals surface area contributed by atoms with Crippen LogP contribution in [0, 0.1) is 5.92 Å². The number of nitrogens with two attached hydrogens (primary N) is 1. The molecule has 0 radical (unpaired) electrons. The zero-order valence-corrected chi connectivity index (χ0v) is 11.9. The minimum atomic E-state index is -0.101. The zero-order valence-electron chi connectivity index (χ0n) is 11.2. The SMILES string of the molecule is CCC(CC)C(C)NC(=O)c1ccc(N)c(Cl)c1. The highest BCUT2D eigenvalue weighted by Crippen LogP contribution is 2.20. The second-order valence-corrected chi connectivity index (χ2v) is 4.98. The predicted molar refractivity (Wildman–Crippen MR) is 76.9 cm³/mol. The van der Waals surface area contributed by atoms with Crippen molar-refractivity contribution in [3.8, 4) is 0 Å². The summed E-state index contributed by atoms with van der Waals surface area (Å²) in [6.07, 6.45) is 2.11. The molecule has 0 aromatic heterocycles. The van der Waals surface area contributed by atoms with Gasteiger partial charge in [-0.25, -0.2) is 0 Å². The van der Waals surface area contributed by atoms with Gasteiger partial charge in [0.05, 0.1) is 10.7 Å². The van der Waals surface area contributed by atoms with Gasteiger partial charge in [-0.05, 0) is 31.0 Å². The normalized spacial score (nSPS) is 12.5. The number of rotatable bonds is 5. The summed E-state index contributed by atoms with van der Waals surface area (Å²) in [4.78, 5) is 12.0. The molecule has 4 heteroatoms. The highest BCUT2D eigenvalue weighted by Gasteiger charge is 2.17. The van der Waals surface area contributed by atoms with Crippen molar-refractivity contribution in [2.45, 2.75) is 39.7 Å². The van der Waals surface area contributed by atoms with Crippen LogP contribution >= 0.6 is 11.6 Å². The molecule has 18 heavy (non-hydrogen) atoms. The lowest BCUT2D eigenvalue weighted by atomic mass is 9.95. The van der Waals surface area contributed by atoms with E-state index in [4.69, 9.17) is 17.3 Å². The van der Waals surface area contributed by atoms with Gasteiger partial charge in [-0.3, -0.25) is 4.79 Å². The lowest BCUT2D eigenvalue weighted by Gasteiger charge is -2.22. The van der Waals surface area contributed by atoms with Gasteiger partial charge in [0.15, 0.2) is 0 Å². The molecule has 0 aliphatic heterocycles. The molecule has 0 saturated carbocycles. The molecule has 0 bridgehead atoms. The Morgan fingerprint density at radius 1 is 1.39 bits per heavy atom. The average molecular weight is 269 g/mol. The summed E-state index contributed by atoms with van der Waals surface area (Å²) in [5, 5.41) is 3.42. The predicted octanol–water partition coefficient (Wildman–Crippen LogP) is 3.48. The number of carbonyl (C=O) groups excluding carboxylic acids is 1. The summed E-state index contributed by atoms with van der Waals surface area (Å²) in [5.74, 6) is 0.398. The van der Waals surface area contributed by atoms with E-state index in [9.17, 15) is 4.79 Å². The van der Waals surface area contributed by atoms with Gasteiger partial charge in [0.2, 0.25) is 0 Å². The van der Waals surface area contributed by atoms with Crippen molar-refractivity contribution in [3.63, 3.8) is 0 Å². The van der Waals surface area contributed by atoms with Crippen LogP contribution in [0.5, 0.6) is 0 Å². The van der Waals surface area contributed by atoms with Crippen molar-refractivity contribution in [1.29, 1.82) is 0 Å². The maximum Gasteiger partial charge on any atom is 0.251 e. The Kier molecular flexibility index (Phi) is 5.48. The maximum absolute atomic E-state index is 12.0. The number of hydrogen-bond donors (Lipinski definition) is 2. The van der Waals surface area contributed by atoms with Crippen LogP contribution in [0.1, 0.15) is 44.0 Å². The number of nitrogens with one attached hydrogen (secondary N) is 1. The second-order valence-electron chi connectivity index (χ2n) is 4.58. The van der Waals surface area contributed by atoms with Crippen LogP contribution < -0.4 is 11.1 Å². The summed E-state index contributed by atoms with van der Waals surface area (Å²) >= 11 is 5.91. The van der Waals surface area contributed by atoms with Gasteiger partial charge in [0.1, 0.15) is 0 Å². The van der Waals surface area contributed by atoms with E-state index in [1.165, 1.54) is 0 Å². The van der Waals surface area contributed by atoms with Crippen LogP contribution in [0.15, 0.2) is 18.2 Å². The first kappa shape index (κ1) is 14.8. The van der Waals surface area contributed by atoms with Crippen LogP contribution in [0.3, 0.4) is 0 Å². The minimum Gasteiger partial charge on any atom is -0.398 e. The highest BCUT2D eigenvalue weighted by atomic mass is 35.5. The number of carbonyl (C=O) groups is 1. The molecule has 0 saturated heterocycles. The lowest BCUT2D eigenvalue weighted by molar-refractivity contribution is 0.0925. The fourth-order valence-corrected chi connectivity index (χ4v) is 2.25. The summed E-state index contributed by atoms with van der Waals surface area (Å²) in [6, 6.07) is 5.10. The molecule has 0 spiro atoms. The van der Waals surface area contributed by atoms with E-state index in [-0.39, 0.29) is 11.9 Å². The van der Waals surface area contributed by atoms with E-state index in [0.717, 1.165) is 12.8 Å². The minimum absolute atomic E-state index is 0.101. The fraction of sp³-hybridized carbons (Fsp3) is 0.500. The first-order valence-corrected chi connectivity index (χ1v) is 6.73. The van der Waals surface area contributed by atoms with E-state index < -0.39 is 0 Å². The van der Waals surface area contributed by atoms with Gasteiger partial charge in [0, 0.05) is 11.6 Å². The molecular formula is C14H21ClN2O. The van der Waals surface area contributed by atoms with E-state index in [2.05, 4.69) is 19.2 Å². The van der Waals surface area contributed by atoms with Gasteiger partial charge < -0.3 is 11.1 Å².